The Morgan fingerprint density at radius 2 is 1.77 bits per heavy atom. The van der Waals surface area contributed by atoms with E-state index in [1.54, 1.807) is 26.4 Å². The minimum Gasteiger partial charge on any atom is -0.493 e. The van der Waals surface area contributed by atoms with Crippen molar-refractivity contribution in [1.29, 1.82) is 0 Å². The summed E-state index contributed by atoms with van der Waals surface area (Å²) in [7, 11) is 3.14. The molecule has 2 aromatic carbocycles. The average Bonchev–Trinajstić information content (AvgIpc) is 2.67. The molecule has 2 aromatic rings. The third-order valence-corrected chi connectivity index (χ3v) is 3.72. The predicted molar refractivity (Wildman–Crippen MR) is 95.3 cm³/mol. The molecule has 0 N–H and O–H groups in total. The van der Waals surface area contributed by atoms with E-state index in [-0.39, 0.29) is 24.8 Å². The van der Waals surface area contributed by atoms with Gasteiger partial charge >= 0.3 is 5.97 Å². The summed E-state index contributed by atoms with van der Waals surface area (Å²) in [6.45, 7) is 0.665. The zero-order chi connectivity index (χ0) is 18.8. The summed E-state index contributed by atoms with van der Waals surface area (Å²) >= 11 is 0. The lowest BCUT2D eigenvalue weighted by atomic mass is 10.1. The first-order valence-corrected chi connectivity index (χ1v) is 8.38. The SMILES string of the molecule is COc1cccc(CCC(=O)OCCCOc2ccc(F)cc2)c1OC. The molecule has 6 heteroatoms. The predicted octanol–water partition coefficient (Wildman–Crippen LogP) is 3.79. The maximum absolute atomic E-state index is 12.8. The van der Waals surface area contributed by atoms with Crippen molar-refractivity contribution in [1.82, 2.24) is 0 Å². The molecule has 0 saturated carbocycles. The van der Waals surface area contributed by atoms with Gasteiger partial charge < -0.3 is 18.9 Å². The summed E-state index contributed by atoms with van der Waals surface area (Å²) in [4.78, 5) is 11.9. The molecule has 26 heavy (non-hydrogen) atoms. The zero-order valence-electron chi connectivity index (χ0n) is 15.0. The maximum Gasteiger partial charge on any atom is 0.306 e. The number of methoxy groups -OCH3 is 2. The number of benzene rings is 2. The molecule has 0 saturated heterocycles. The smallest absolute Gasteiger partial charge is 0.306 e. The van der Waals surface area contributed by atoms with E-state index in [9.17, 15) is 9.18 Å². The standard InChI is InChI=1S/C20H23FO5/c1-23-18-6-3-5-15(20(18)24-2)7-12-19(22)26-14-4-13-25-17-10-8-16(21)9-11-17/h3,5-6,8-11H,4,7,12-14H2,1-2H3. The Bertz CT molecular complexity index is 700. The van der Waals surface area contributed by atoms with E-state index in [2.05, 4.69) is 0 Å². The Hall–Kier alpha value is -2.76. The van der Waals surface area contributed by atoms with Gasteiger partial charge in [-0.05, 0) is 42.3 Å². The Kier molecular flexibility index (Phi) is 7.74. The number of halogens is 1. The van der Waals surface area contributed by atoms with Crippen LogP contribution in [0.3, 0.4) is 0 Å². The van der Waals surface area contributed by atoms with Gasteiger partial charge in [-0.2, -0.15) is 0 Å². The fourth-order valence-electron chi connectivity index (χ4n) is 2.43. The van der Waals surface area contributed by atoms with Gasteiger partial charge in [0.1, 0.15) is 11.6 Å². The van der Waals surface area contributed by atoms with Crippen molar-refractivity contribution in [2.75, 3.05) is 27.4 Å². The number of carbonyl (C=O) groups is 1. The molecule has 0 spiro atoms. The first-order chi connectivity index (χ1) is 12.6. The summed E-state index contributed by atoms with van der Waals surface area (Å²) in [5.41, 5.74) is 0.892. The van der Waals surface area contributed by atoms with Crippen molar-refractivity contribution >= 4 is 5.97 Å². The molecule has 0 heterocycles. The van der Waals surface area contributed by atoms with Crippen molar-refractivity contribution < 1.29 is 28.1 Å². The van der Waals surface area contributed by atoms with Crippen LogP contribution in [0.1, 0.15) is 18.4 Å². The molecular formula is C20H23FO5. The maximum atomic E-state index is 12.8. The summed E-state index contributed by atoms with van der Waals surface area (Å²) in [5.74, 6) is 1.27. The molecule has 0 amide bonds. The quantitative estimate of drug-likeness (QED) is 0.475. The number of carbonyl (C=O) groups excluding carboxylic acids is 1. The van der Waals surface area contributed by atoms with Crippen molar-refractivity contribution in [2.45, 2.75) is 19.3 Å². The van der Waals surface area contributed by atoms with Crippen LogP contribution in [0.4, 0.5) is 4.39 Å². The summed E-state index contributed by atoms with van der Waals surface area (Å²) in [6.07, 6.45) is 1.32. The van der Waals surface area contributed by atoms with Crippen LogP contribution in [0.25, 0.3) is 0 Å². The van der Waals surface area contributed by atoms with Crippen LogP contribution < -0.4 is 14.2 Å². The van der Waals surface area contributed by atoms with Crippen LogP contribution in [0.15, 0.2) is 42.5 Å². The number of para-hydroxylation sites is 1. The third-order valence-electron chi connectivity index (χ3n) is 3.72. The number of esters is 1. The normalized spacial score (nSPS) is 10.3. The highest BCUT2D eigenvalue weighted by Gasteiger charge is 2.11. The van der Waals surface area contributed by atoms with E-state index >= 15 is 0 Å². The minimum atomic E-state index is -0.307. The number of hydrogen-bond acceptors (Lipinski definition) is 5. The first kappa shape index (κ1) is 19.6. The van der Waals surface area contributed by atoms with Gasteiger partial charge in [0.05, 0.1) is 27.4 Å². The van der Waals surface area contributed by atoms with Crippen LogP contribution in [0.5, 0.6) is 17.2 Å². The van der Waals surface area contributed by atoms with Gasteiger partial charge in [0.2, 0.25) is 0 Å². The number of aryl methyl sites for hydroxylation is 1. The second-order valence-electron chi connectivity index (χ2n) is 5.53. The fraction of sp³-hybridized carbons (Fsp3) is 0.350. The highest BCUT2D eigenvalue weighted by Crippen LogP contribution is 2.31. The van der Waals surface area contributed by atoms with Gasteiger partial charge in [0.15, 0.2) is 11.5 Å². The first-order valence-electron chi connectivity index (χ1n) is 8.38. The Morgan fingerprint density at radius 3 is 2.46 bits per heavy atom. The largest absolute Gasteiger partial charge is 0.493 e. The lowest BCUT2D eigenvalue weighted by Crippen LogP contribution is -2.10. The van der Waals surface area contributed by atoms with Crippen LogP contribution >= 0.6 is 0 Å². The summed E-state index contributed by atoms with van der Waals surface area (Å²) in [6, 6.07) is 11.3. The molecule has 0 aromatic heterocycles. The molecule has 140 valence electrons. The average molecular weight is 362 g/mol. The molecule has 0 aliphatic heterocycles. The van der Waals surface area contributed by atoms with Crippen molar-refractivity contribution in [3.63, 3.8) is 0 Å². The Labute approximate surface area is 152 Å². The lowest BCUT2D eigenvalue weighted by Gasteiger charge is -2.12. The number of ether oxygens (including phenoxy) is 4. The zero-order valence-corrected chi connectivity index (χ0v) is 15.0. The lowest BCUT2D eigenvalue weighted by molar-refractivity contribution is -0.143. The van der Waals surface area contributed by atoms with E-state index in [1.807, 2.05) is 18.2 Å². The Morgan fingerprint density at radius 1 is 1.00 bits per heavy atom. The molecule has 0 unspecified atom stereocenters. The molecule has 0 aliphatic carbocycles. The van der Waals surface area contributed by atoms with Gasteiger partial charge in [-0.15, -0.1) is 0 Å². The molecule has 0 radical (unpaired) electrons. The molecule has 5 nitrogen and oxygen atoms in total. The van der Waals surface area contributed by atoms with Crippen LogP contribution in [0, 0.1) is 5.82 Å². The minimum absolute atomic E-state index is 0.252. The van der Waals surface area contributed by atoms with E-state index in [0.29, 0.717) is 36.7 Å². The molecule has 0 atom stereocenters. The topological polar surface area (TPSA) is 54.0 Å². The molecular weight excluding hydrogens is 339 g/mol. The van der Waals surface area contributed by atoms with E-state index in [1.165, 1.54) is 12.1 Å². The van der Waals surface area contributed by atoms with Gasteiger partial charge in [-0.1, -0.05) is 12.1 Å². The van der Waals surface area contributed by atoms with Gasteiger partial charge in [-0.3, -0.25) is 4.79 Å². The van der Waals surface area contributed by atoms with Crippen molar-refractivity contribution in [2.24, 2.45) is 0 Å². The van der Waals surface area contributed by atoms with Crippen LogP contribution in [-0.4, -0.2) is 33.4 Å². The Balaban J connectivity index is 1.67. The summed E-state index contributed by atoms with van der Waals surface area (Å²) in [5, 5.41) is 0. The highest BCUT2D eigenvalue weighted by atomic mass is 19.1. The molecule has 2 rings (SSSR count). The van der Waals surface area contributed by atoms with Gasteiger partial charge in [0, 0.05) is 12.8 Å². The highest BCUT2D eigenvalue weighted by molar-refractivity contribution is 5.70. The van der Waals surface area contributed by atoms with E-state index in [0.717, 1.165) is 5.56 Å². The van der Waals surface area contributed by atoms with Crippen LogP contribution in [-0.2, 0) is 16.0 Å². The van der Waals surface area contributed by atoms with Gasteiger partial charge in [-0.25, -0.2) is 4.39 Å². The second-order valence-corrected chi connectivity index (χ2v) is 5.53. The molecule has 0 bridgehead atoms. The molecule has 0 aliphatic rings. The third kappa shape index (κ3) is 5.95. The van der Waals surface area contributed by atoms with Crippen molar-refractivity contribution in [3.05, 3.63) is 53.8 Å². The number of rotatable bonds is 10. The summed E-state index contributed by atoms with van der Waals surface area (Å²) < 4.78 is 34.0. The fourth-order valence-corrected chi connectivity index (χ4v) is 2.43. The van der Waals surface area contributed by atoms with E-state index < -0.39 is 0 Å². The van der Waals surface area contributed by atoms with E-state index in [4.69, 9.17) is 18.9 Å². The van der Waals surface area contributed by atoms with Crippen molar-refractivity contribution in [3.8, 4) is 17.2 Å². The number of hydrogen-bond donors (Lipinski definition) is 0. The van der Waals surface area contributed by atoms with Crippen LogP contribution in [0.2, 0.25) is 0 Å². The molecule has 0 fully saturated rings. The second kappa shape index (κ2) is 10.3. The monoisotopic (exact) mass is 362 g/mol. The van der Waals surface area contributed by atoms with Gasteiger partial charge in [0.25, 0.3) is 0 Å².